The second kappa shape index (κ2) is 11.2. The van der Waals surface area contributed by atoms with Gasteiger partial charge in [-0.15, -0.1) is 0 Å². The van der Waals surface area contributed by atoms with Gasteiger partial charge in [0.2, 0.25) is 5.56 Å². The lowest BCUT2D eigenvalue weighted by molar-refractivity contribution is -0.153. The van der Waals surface area contributed by atoms with Gasteiger partial charge in [-0.2, -0.15) is 0 Å². The molecule has 0 amide bonds. The predicted molar refractivity (Wildman–Crippen MR) is 143 cm³/mol. The average molecular weight is 536 g/mol. The minimum absolute atomic E-state index is 0.0255. The van der Waals surface area contributed by atoms with Crippen molar-refractivity contribution in [2.45, 2.75) is 45.4 Å². The number of benzene rings is 2. The Morgan fingerprint density at radius 2 is 1.85 bits per heavy atom. The number of ether oxygens (including phenoxy) is 3. The van der Waals surface area contributed by atoms with Crippen LogP contribution in [0.25, 0.3) is 22.3 Å². The van der Waals surface area contributed by atoms with Gasteiger partial charge in [0.25, 0.3) is 0 Å². The SMILES string of the molecule is COC(=O)C(Cn1c(Cc2ccc(-c3cccc(=O)[nH]3)cc2F)nc2ccc(C(=O)OC(C)(C)C)cc21)OC. The molecule has 2 aromatic heterocycles. The normalized spacial score (nSPS) is 12.4. The second-order valence-corrected chi connectivity index (χ2v) is 10.0. The van der Waals surface area contributed by atoms with E-state index in [1.54, 1.807) is 67.8 Å². The Balaban J connectivity index is 1.75. The maximum absolute atomic E-state index is 15.3. The number of rotatable bonds is 8. The lowest BCUT2D eigenvalue weighted by Crippen LogP contribution is -2.30. The van der Waals surface area contributed by atoms with Crippen LogP contribution in [0.15, 0.2) is 59.4 Å². The maximum Gasteiger partial charge on any atom is 0.338 e. The average Bonchev–Trinajstić information content (AvgIpc) is 3.22. The molecule has 0 aliphatic heterocycles. The minimum atomic E-state index is -0.960. The summed E-state index contributed by atoms with van der Waals surface area (Å²) < 4.78 is 32.7. The monoisotopic (exact) mass is 535 g/mol. The van der Waals surface area contributed by atoms with Gasteiger partial charge >= 0.3 is 11.9 Å². The largest absolute Gasteiger partial charge is 0.467 e. The van der Waals surface area contributed by atoms with Crippen LogP contribution in [0, 0.1) is 5.82 Å². The number of fused-ring (bicyclic) bond motifs is 1. The Morgan fingerprint density at radius 3 is 2.49 bits per heavy atom. The number of carbonyl (C=O) groups is 2. The molecule has 204 valence electrons. The number of H-pyrrole nitrogens is 1. The van der Waals surface area contributed by atoms with Crippen LogP contribution in [-0.2, 0) is 32.0 Å². The van der Waals surface area contributed by atoms with Crippen LogP contribution in [0.4, 0.5) is 4.39 Å². The highest BCUT2D eigenvalue weighted by molar-refractivity contribution is 5.94. The van der Waals surface area contributed by atoms with E-state index in [1.165, 1.54) is 26.4 Å². The van der Waals surface area contributed by atoms with Crippen LogP contribution in [0.3, 0.4) is 0 Å². The molecule has 9 nitrogen and oxygen atoms in total. The number of halogens is 1. The van der Waals surface area contributed by atoms with Gasteiger partial charge in [-0.25, -0.2) is 19.0 Å². The van der Waals surface area contributed by atoms with Gasteiger partial charge in [-0.05, 0) is 56.7 Å². The maximum atomic E-state index is 15.3. The zero-order chi connectivity index (χ0) is 28.3. The summed E-state index contributed by atoms with van der Waals surface area (Å²) in [5, 5.41) is 0. The van der Waals surface area contributed by atoms with E-state index in [1.807, 2.05) is 0 Å². The first-order valence-corrected chi connectivity index (χ1v) is 12.3. The van der Waals surface area contributed by atoms with Crippen molar-refractivity contribution in [3.05, 3.63) is 87.7 Å². The smallest absolute Gasteiger partial charge is 0.338 e. The van der Waals surface area contributed by atoms with E-state index >= 15 is 4.39 Å². The number of esters is 2. The number of carbonyl (C=O) groups excluding carboxylic acids is 2. The number of aromatic amines is 1. The van der Waals surface area contributed by atoms with Crippen LogP contribution in [0.5, 0.6) is 0 Å². The summed E-state index contributed by atoms with van der Waals surface area (Å²) in [7, 11) is 2.65. The number of methoxy groups -OCH3 is 2. The van der Waals surface area contributed by atoms with Gasteiger partial charge in [0.1, 0.15) is 17.2 Å². The quantitative estimate of drug-likeness (QED) is 0.336. The fourth-order valence-corrected chi connectivity index (χ4v) is 4.16. The van der Waals surface area contributed by atoms with E-state index in [2.05, 4.69) is 9.97 Å². The molecule has 1 unspecified atom stereocenters. The second-order valence-electron chi connectivity index (χ2n) is 10.0. The Labute approximate surface area is 224 Å². The molecule has 0 aliphatic carbocycles. The zero-order valence-electron chi connectivity index (χ0n) is 22.4. The van der Waals surface area contributed by atoms with E-state index in [0.29, 0.717) is 39.2 Å². The topological polar surface area (TPSA) is 113 Å². The Morgan fingerprint density at radius 1 is 1.08 bits per heavy atom. The van der Waals surface area contributed by atoms with Crippen molar-refractivity contribution in [1.29, 1.82) is 0 Å². The van der Waals surface area contributed by atoms with Gasteiger partial charge in [-0.3, -0.25) is 4.79 Å². The first-order chi connectivity index (χ1) is 18.5. The molecule has 0 bridgehead atoms. The van der Waals surface area contributed by atoms with Crippen molar-refractivity contribution in [2.24, 2.45) is 0 Å². The fraction of sp³-hybridized carbons (Fsp3) is 0.310. The van der Waals surface area contributed by atoms with Crippen LogP contribution in [0.1, 0.15) is 42.5 Å². The van der Waals surface area contributed by atoms with Crippen LogP contribution < -0.4 is 5.56 Å². The van der Waals surface area contributed by atoms with Crippen molar-refractivity contribution in [3.8, 4) is 11.3 Å². The van der Waals surface area contributed by atoms with Gasteiger partial charge in [0.15, 0.2) is 6.10 Å². The van der Waals surface area contributed by atoms with Crippen LogP contribution >= 0.6 is 0 Å². The first-order valence-electron chi connectivity index (χ1n) is 12.3. The van der Waals surface area contributed by atoms with E-state index in [-0.39, 0.29) is 18.5 Å². The van der Waals surface area contributed by atoms with Crippen molar-refractivity contribution in [2.75, 3.05) is 14.2 Å². The predicted octanol–water partition coefficient (Wildman–Crippen LogP) is 4.26. The molecular formula is C29H30FN3O6. The number of hydrogen-bond acceptors (Lipinski definition) is 7. The van der Waals surface area contributed by atoms with E-state index in [0.717, 1.165) is 0 Å². The van der Waals surface area contributed by atoms with E-state index in [9.17, 15) is 14.4 Å². The molecule has 0 fully saturated rings. The molecule has 1 N–H and O–H groups in total. The molecule has 0 saturated carbocycles. The number of pyridine rings is 1. The van der Waals surface area contributed by atoms with Gasteiger partial charge < -0.3 is 23.8 Å². The summed E-state index contributed by atoms with van der Waals surface area (Å²) >= 11 is 0. The minimum Gasteiger partial charge on any atom is -0.467 e. The summed E-state index contributed by atoms with van der Waals surface area (Å²) in [5.74, 6) is -1.12. The Bertz CT molecular complexity index is 1580. The molecule has 2 heterocycles. The summed E-state index contributed by atoms with van der Waals surface area (Å²) in [5.41, 5.74) is 1.83. The third-order valence-corrected chi connectivity index (χ3v) is 6.04. The zero-order valence-corrected chi connectivity index (χ0v) is 22.4. The Hall–Kier alpha value is -4.31. The lowest BCUT2D eigenvalue weighted by atomic mass is 10.1. The Kier molecular flexibility index (Phi) is 7.96. The molecule has 10 heteroatoms. The molecule has 0 spiro atoms. The highest BCUT2D eigenvalue weighted by Gasteiger charge is 2.24. The third-order valence-electron chi connectivity index (χ3n) is 6.04. The molecule has 0 saturated heterocycles. The molecule has 1 atom stereocenters. The summed E-state index contributed by atoms with van der Waals surface area (Å²) in [6, 6.07) is 14.3. The number of nitrogens with one attached hydrogen (secondary N) is 1. The summed E-state index contributed by atoms with van der Waals surface area (Å²) in [6.45, 7) is 5.36. The standard InChI is InChI=1S/C29H30FN3O6/c1-29(2,3)39-27(35)19-11-12-22-23(14-19)33(16-24(37-4)28(36)38-5)25(31-22)15-17-9-10-18(13-20(17)30)21-7-6-8-26(34)32-21/h6-14,24H,15-16H2,1-5H3,(H,32,34). The number of nitrogens with zero attached hydrogens (tertiary/aromatic N) is 2. The molecule has 2 aromatic carbocycles. The molecule has 4 rings (SSSR count). The van der Waals surface area contributed by atoms with Crippen LogP contribution in [0.2, 0.25) is 0 Å². The van der Waals surface area contributed by atoms with Crippen molar-refractivity contribution in [3.63, 3.8) is 0 Å². The van der Waals surface area contributed by atoms with Crippen LogP contribution in [-0.4, -0.2) is 52.4 Å². The molecule has 39 heavy (non-hydrogen) atoms. The summed E-state index contributed by atoms with van der Waals surface area (Å²) in [6.07, 6.45) is -0.871. The van der Waals surface area contributed by atoms with Crippen molar-refractivity contribution in [1.82, 2.24) is 14.5 Å². The number of hydrogen-bond donors (Lipinski definition) is 1. The number of aromatic nitrogens is 3. The first kappa shape index (κ1) is 27.7. The van der Waals surface area contributed by atoms with Crippen molar-refractivity contribution < 1.29 is 28.2 Å². The van der Waals surface area contributed by atoms with Gasteiger partial charge in [-0.1, -0.05) is 18.2 Å². The van der Waals surface area contributed by atoms with Gasteiger partial charge in [0.05, 0.1) is 30.3 Å². The highest BCUT2D eigenvalue weighted by Crippen LogP contribution is 2.25. The van der Waals surface area contributed by atoms with Gasteiger partial charge in [0, 0.05) is 30.9 Å². The van der Waals surface area contributed by atoms with E-state index in [4.69, 9.17) is 14.2 Å². The van der Waals surface area contributed by atoms with Crippen molar-refractivity contribution >= 4 is 23.0 Å². The highest BCUT2D eigenvalue weighted by atomic mass is 19.1. The molecule has 4 aromatic rings. The fourth-order valence-electron chi connectivity index (χ4n) is 4.16. The number of imidazole rings is 1. The lowest BCUT2D eigenvalue weighted by Gasteiger charge is -2.19. The molecular weight excluding hydrogens is 505 g/mol. The molecule has 0 radical (unpaired) electrons. The summed E-state index contributed by atoms with van der Waals surface area (Å²) in [4.78, 5) is 44.1. The van der Waals surface area contributed by atoms with E-state index < -0.39 is 29.5 Å². The third kappa shape index (κ3) is 6.40. The molecule has 0 aliphatic rings.